The number of nitrogens with zero attached hydrogens (tertiary/aromatic N) is 1. The van der Waals surface area contributed by atoms with E-state index in [0.29, 0.717) is 18.1 Å². The molecular formula is C19H31NO2. The number of rotatable bonds is 13. The van der Waals surface area contributed by atoms with E-state index in [4.69, 9.17) is 4.74 Å². The van der Waals surface area contributed by atoms with Crippen molar-refractivity contribution in [2.24, 2.45) is 0 Å². The summed E-state index contributed by atoms with van der Waals surface area (Å²) in [5.41, 5.74) is 1.25. The first-order valence-electron chi connectivity index (χ1n) is 8.83. The fourth-order valence-corrected chi connectivity index (χ4v) is 2.54. The molecule has 0 N–H and O–H groups in total. The van der Waals surface area contributed by atoms with Gasteiger partial charge in [0.05, 0.1) is 6.61 Å². The topological polar surface area (TPSA) is 39.2 Å². The van der Waals surface area contributed by atoms with Crippen molar-refractivity contribution in [3.63, 3.8) is 0 Å². The molecule has 0 spiro atoms. The molecule has 1 heterocycles. The molecular weight excluding hydrogens is 274 g/mol. The van der Waals surface area contributed by atoms with Gasteiger partial charge in [-0.25, -0.2) is 4.98 Å². The number of hydrogen-bond acceptors (Lipinski definition) is 3. The summed E-state index contributed by atoms with van der Waals surface area (Å²) in [6, 6.07) is 3.71. The maximum atomic E-state index is 10.9. The Hall–Kier alpha value is -1.38. The molecule has 3 heteroatoms. The molecule has 0 bridgehead atoms. The third-order valence-corrected chi connectivity index (χ3v) is 3.89. The van der Waals surface area contributed by atoms with Gasteiger partial charge in [0, 0.05) is 5.69 Å². The summed E-state index contributed by atoms with van der Waals surface area (Å²) in [6.07, 6.45) is 13.9. The second-order valence-electron chi connectivity index (χ2n) is 5.98. The average molecular weight is 305 g/mol. The summed E-state index contributed by atoms with van der Waals surface area (Å²) in [4.78, 5) is 15.1. The fraction of sp³-hybridized carbons (Fsp3) is 0.684. The van der Waals surface area contributed by atoms with E-state index in [1.54, 1.807) is 0 Å². The van der Waals surface area contributed by atoms with E-state index in [9.17, 15) is 4.79 Å². The summed E-state index contributed by atoms with van der Waals surface area (Å²) < 4.78 is 5.66. The van der Waals surface area contributed by atoms with Crippen LogP contribution in [0.25, 0.3) is 0 Å². The van der Waals surface area contributed by atoms with Crippen molar-refractivity contribution in [2.45, 2.75) is 78.1 Å². The summed E-state index contributed by atoms with van der Waals surface area (Å²) in [7, 11) is 0. The van der Waals surface area contributed by atoms with Crippen molar-refractivity contribution in [1.29, 1.82) is 0 Å². The Balaban J connectivity index is 2.01. The van der Waals surface area contributed by atoms with Gasteiger partial charge < -0.3 is 4.74 Å². The highest BCUT2D eigenvalue weighted by Gasteiger charge is 2.04. The maximum absolute atomic E-state index is 10.9. The molecule has 1 aromatic heterocycles. The van der Waals surface area contributed by atoms with Crippen LogP contribution in [0.4, 0.5) is 0 Å². The molecule has 0 saturated carbocycles. The molecule has 0 radical (unpaired) electrons. The molecule has 0 saturated heterocycles. The van der Waals surface area contributed by atoms with Gasteiger partial charge in [0.15, 0.2) is 6.29 Å². The zero-order valence-electron chi connectivity index (χ0n) is 14.3. The second-order valence-corrected chi connectivity index (χ2v) is 5.98. The number of aromatic nitrogens is 1. The molecule has 0 aliphatic heterocycles. The summed E-state index contributed by atoms with van der Waals surface area (Å²) in [5, 5.41) is 0. The molecule has 0 aromatic carbocycles. The molecule has 0 amide bonds. The first kappa shape index (κ1) is 18.7. The monoisotopic (exact) mass is 305 g/mol. The van der Waals surface area contributed by atoms with Gasteiger partial charge in [-0.3, -0.25) is 4.79 Å². The average Bonchev–Trinajstić information content (AvgIpc) is 2.53. The van der Waals surface area contributed by atoms with Crippen LogP contribution in [-0.2, 0) is 0 Å². The zero-order chi connectivity index (χ0) is 16.0. The standard InChI is InChI=1S/C19H31NO2/c1-3-4-5-6-7-8-9-10-11-12-15-22-19-14-13-17(2)20-18(19)16-21/h13-14,16H,3-12,15H2,1-2H3. The molecule has 0 aliphatic carbocycles. The van der Waals surface area contributed by atoms with Crippen molar-refractivity contribution >= 4 is 6.29 Å². The van der Waals surface area contributed by atoms with E-state index in [0.717, 1.165) is 18.4 Å². The molecule has 3 nitrogen and oxygen atoms in total. The number of carbonyl (C=O) groups is 1. The van der Waals surface area contributed by atoms with Crippen LogP contribution in [-0.4, -0.2) is 17.9 Å². The van der Waals surface area contributed by atoms with E-state index >= 15 is 0 Å². The fourth-order valence-electron chi connectivity index (χ4n) is 2.54. The van der Waals surface area contributed by atoms with Crippen LogP contribution in [0, 0.1) is 6.92 Å². The number of ether oxygens (including phenoxy) is 1. The predicted octanol–water partition coefficient (Wildman–Crippen LogP) is 5.50. The molecule has 0 unspecified atom stereocenters. The number of carbonyl (C=O) groups excluding carboxylic acids is 1. The van der Waals surface area contributed by atoms with Crippen LogP contribution in [0.1, 0.15) is 87.3 Å². The number of unbranched alkanes of at least 4 members (excludes halogenated alkanes) is 9. The van der Waals surface area contributed by atoms with Gasteiger partial charge in [-0.2, -0.15) is 0 Å². The Morgan fingerprint density at radius 1 is 0.955 bits per heavy atom. The van der Waals surface area contributed by atoms with Crippen LogP contribution < -0.4 is 4.74 Å². The van der Waals surface area contributed by atoms with Crippen molar-refractivity contribution < 1.29 is 9.53 Å². The lowest BCUT2D eigenvalue weighted by Crippen LogP contribution is -2.02. The number of aryl methyl sites for hydroxylation is 1. The molecule has 1 aromatic rings. The molecule has 0 atom stereocenters. The quantitative estimate of drug-likeness (QED) is 0.357. The van der Waals surface area contributed by atoms with E-state index < -0.39 is 0 Å². The molecule has 0 fully saturated rings. The molecule has 0 aliphatic rings. The maximum Gasteiger partial charge on any atom is 0.172 e. The normalized spacial score (nSPS) is 10.6. The Morgan fingerprint density at radius 3 is 2.14 bits per heavy atom. The highest BCUT2D eigenvalue weighted by atomic mass is 16.5. The van der Waals surface area contributed by atoms with Crippen molar-refractivity contribution in [1.82, 2.24) is 4.98 Å². The minimum Gasteiger partial charge on any atom is -0.491 e. The van der Waals surface area contributed by atoms with Crippen molar-refractivity contribution in [3.05, 3.63) is 23.5 Å². The second kappa shape index (κ2) is 12.2. The summed E-state index contributed by atoms with van der Waals surface area (Å²) >= 11 is 0. The summed E-state index contributed by atoms with van der Waals surface area (Å²) in [6.45, 7) is 4.80. The SMILES string of the molecule is CCCCCCCCCCCCOc1ccc(C)nc1C=O. The van der Waals surface area contributed by atoms with Crippen LogP contribution in [0.5, 0.6) is 5.75 Å². The Bertz CT molecular complexity index is 418. The lowest BCUT2D eigenvalue weighted by atomic mass is 10.1. The molecule has 1 rings (SSSR count). The molecule has 22 heavy (non-hydrogen) atoms. The third kappa shape index (κ3) is 8.16. The number of hydrogen-bond donors (Lipinski definition) is 0. The summed E-state index contributed by atoms with van der Waals surface area (Å²) in [5.74, 6) is 0.608. The predicted molar refractivity (Wildman–Crippen MR) is 91.7 cm³/mol. The van der Waals surface area contributed by atoms with Crippen molar-refractivity contribution in [3.8, 4) is 5.75 Å². The zero-order valence-corrected chi connectivity index (χ0v) is 14.3. The minimum absolute atomic E-state index is 0.409. The Kier molecular flexibility index (Phi) is 10.3. The van der Waals surface area contributed by atoms with Gasteiger partial charge in [-0.05, 0) is 25.5 Å². The van der Waals surface area contributed by atoms with Crippen molar-refractivity contribution in [2.75, 3.05) is 6.61 Å². The van der Waals surface area contributed by atoms with Crippen LogP contribution in [0.15, 0.2) is 12.1 Å². The van der Waals surface area contributed by atoms with E-state index in [2.05, 4.69) is 11.9 Å². The van der Waals surface area contributed by atoms with E-state index in [1.807, 2.05) is 19.1 Å². The Labute approximate surface area is 135 Å². The van der Waals surface area contributed by atoms with Gasteiger partial charge in [-0.1, -0.05) is 64.7 Å². The first-order chi connectivity index (χ1) is 10.8. The lowest BCUT2D eigenvalue weighted by Gasteiger charge is -2.08. The highest BCUT2D eigenvalue weighted by molar-refractivity contribution is 5.76. The van der Waals surface area contributed by atoms with Crippen LogP contribution in [0.2, 0.25) is 0 Å². The smallest absolute Gasteiger partial charge is 0.172 e. The number of aldehydes is 1. The van der Waals surface area contributed by atoms with Crippen LogP contribution in [0.3, 0.4) is 0 Å². The minimum atomic E-state index is 0.409. The first-order valence-corrected chi connectivity index (χ1v) is 8.83. The Morgan fingerprint density at radius 2 is 1.55 bits per heavy atom. The third-order valence-electron chi connectivity index (χ3n) is 3.89. The van der Waals surface area contributed by atoms with E-state index in [-0.39, 0.29) is 0 Å². The van der Waals surface area contributed by atoms with Gasteiger partial charge in [0.2, 0.25) is 0 Å². The van der Waals surface area contributed by atoms with Gasteiger partial charge in [0.1, 0.15) is 11.4 Å². The molecule has 124 valence electrons. The van der Waals surface area contributed by atoms with Gasteiger partial charge in [-0.15, -0.1) is 0 Å². The van der Waals surface area contributed by atoms with Gasteiger partial charge >= 0.3 is 0 Å². The highest BCUT2D eigenvalue weighted by Crippen LogP contribution is 2.16. The van der Waals surface area contributed by atoms with Gasteiger partial charge in [0.25, 0.3) is 0 Å². The van der Waals surface area contributed by atoms with Crippen LogP contribution >= 0.6 is 0 Å². The number of pyridine rings is 1. The lowest BCUT2D eigenvalue weighted by molar-refractivity contribution is 0.111. The largest absolute Gasteiger partial charge is 0.491 e. The van der Waals surface area contributed by atoms with E-state index in [1.165, 1.54) is 57.8 Å².